The van der Waals surface area contributed by atoms with Gasteiger partial charge in [0.05, 0.1) is 10.6 Å². The molecule has 0 fully saturated rings. The predicted octanol–water partition coefficient (Wildman–Crippen LogP) is 7.22. The number of anilines is 1. The molecule has 6 rings (SSSR count). The highest BCUT2D eigenvalue weighted by molar-refractivity contribution is 7.97. The highest BCUT2D eigenvalue weighted by Crippen LogP contribution is 2.48. The minimum atomic E-state index is -3.97. The molecule has 0 unspecified atom stereocenters. The van der Waals surface area contributed by atoms with Crippen LogP contribution in [-0.2, 0) is 10.0 Å². The summed E-state index contributed by atoms with van der Waals surface area (Å²) >= 11 is 0. The number of carbonyl (C=O) groups excluding carboxylic acids is 1. The van der Waals surface area contributed by atoms with Crippen molar-refractivity contribution in [2.75, 3.05) is 11.4 Å². The lowest BCUT2D eigenvalue weighted by Gasteiger charge is -2.33. The van der Waals surface area contributed by atoms with E-state index in [2.05, 4.69) is 36.4 Å². The third-order valence-electron chi connectivity index (χ3n) is 8.20. The van der Waals surface area contributed by atoms with Gasteiger partial charge in [-0.15, -0.1) is 0 Å². The van der Waals surface area contributed by atoms with Gasteiger partial charge in [0.1, 0.15) is 0 Å². The number of rotatable bonds is 9. The van der Waals surface area contributed by atoms with Gasteiger partial charge in [-0.2, -0.15) is 0 Å². The number of nitrogens with zero attached hydrogens (tertiary/aromatic N) is 1. The van der Waals surface area contributed by atoms with Crippen molar-refractivity contribution >= 4 is 49.6 Å². The molecular weight excluding hydrogens is 605 g/mol. The van der Waals surface area contributed by atoms with E-state index in [1.165, 1.54) is 11.4 Å². The molecule has 0 N–H and O–H groups in total. The lowest BCUT2D eigenvalue weighted by atomic mass is 10.0. The highest BCUT2D eigenvalue weighted by atomic mass is 32.2. The van der Waals surface area contributed by atoms with E-state index in [-0.39, 0.29) is 10.7 Å². The number of benzene rings is 6. The molecule has 0 radical (unpaired) electrons. The topological polar surface area (TPSA) is 54.5 Å². The van der Waals surface area contributed by atoms with Crippen LogP contribution in [0.4, 0.5) is 5.69 Å². The summed E-state index contributed by atoms with van der Waals surface area (Å²) in [5.74, 6) is -0.224. The summed E-state index contributed by atoms with van der Waals surface area (Å²) in [5, 5.41) is 3.71. The van der Waals surface area contributed by atoms with Gasteiger partial charge in [-0.25, -0.2) is 8.42 Å². The van der Waals surface area contributed by atoms with Crippen molar-refractivity contribution in [1.29, 1.82) is 0 Å². The monoisotopic (exact) mass is 639 g/mol. The molecule has 0 aliphatic rings. The SMILES string of the molecule is Cc1ccc(S(=O)(=O)N(C)c2ccccc2C(=O)C(c2ccccc2)=P(c2ccccc2)(c2ccccc2)c2ccccc2)cc1. The van der Waals surface area contributed by atoms with Crippen LogP contribution >= 0.6 is 6.89 Å². The number of Topliss-reactive ketones (excluding diaryl/α,β-unsaturated/α-hetero) is 1. The van der Waals surface area contributed by atoms with Crippen molar-refractivity contribution in [1.82, 2.24) is 0 Å². The van der Waals surface area contributed by atoms with Gasteiger partial charge in [-0.3, -0.25) is 9.10 Å². The molecule has 0 aliphatic carbocycles. The van der Waals surface area contributed by atoms with Gasteiger partial charge in [-0.05, 0) is 59.6 Å². The Hall–Kier alpha value is -4.96. The molecule has 4 nitrogen and oxygen atoms in total. The molecule has 0 saturated carbocycles. The lowest BCUT2D eigenvalue weighted by molar-refractivity contribution is 0.106. The third kappa shape index (κ3) is 5.64. The molecule has 0 spiro atoms. The second kappa shape index (κ2) is 13.2. The van der Waals surface area contributed by atoms with E-state index in [9.17, 15) is 8.42 Å². The summed E-state index contributed by atoms with van der Waals surface area (Å²) in [7, 11) is -2.45. The first kappa shape index (κ1) is 31.0. The van der Waals surface area contributed by atoms with Gasteiger partial charge >= 0.3 is 0 Å². The third-order valence-corrected chi connectivity index (χ3v) is 14.3. The number of carbonyl (C=O) groups is 1. The Balaban J connectivity index is 1.73. The van der Waals surface area contributed by atoms with Gasteiger partial charge in [0.25, 0.3) is 10.0 Å². The van der Waals surface area contributed by atoms with Crippen molar-refractivity contribution in [3.8, 4) is 0 Å². The van der Waals surface area contributed by atoms with Gasteiger partial charge in [0.2, 0.25) is 0 Å². The predicted molar refractivity (Wildman–Crippen MR) is 193 cm³/mol. The Labute approximate surface area is 271 Å². The smallest absolute Gasteiger partial charge is 0.264 e. The normalized spacial score (nSPS) is 11.5. The number of ketones is 1. The maximum Gasteiger partial charge on any atom is 0.264 e. The Kier molecular flexibility index (Phi) is 8.90. The first-order chi connectivity index (χ1) is 22.3. The Morgan fingerprint density at radius 1 is 0.543 bits per heavy atom. The van der Waals surface area contributed by atoms with Crippen LogP contribution in [0.5, 0.6) is 0 Å². The second-order valence-electron chi connectivity index (χ2n) is 11.0. The average Bonchev–Trinajstić information content (AvgIpc) is 3.11. The molecule has 6 heteroatoms. The Morgan fingerprint density at radius 3 is 1.43 bits per heavy atom. The number of aryl methyl sites for hydroxylation is 1. The molecule has 0 bridgehead atoms. The van der Waals surface area contributed by atoms with Crippen LogP contribution in [0.3, 0.4) is 0 Å². The molecule has 6 aromatic carbocycles. The van der Waals surface area contributed by atoms with Gasteiger partial charge in [0.15, 0.2) is 5.78 Å². The molecule has 0 aliphatic heterocycles. The maximum atomic E-state index is 15.5. The van der Waals surface area contributed by atoms with Crippen molar-refractivity contribution in [2.24, 2.45) is 0 Å². The van der Waals surface area contributed by atoms with Crippen LogP contribution in [0.2, 0.25) is 0 Å². The van der Waals surface area contributed by atoms with Crippen LogP contribution in [0, 0.1) is 6.92 Å². The molecule has 6 aromatic rings. The fourth-order valence-electron chi connectivity index (χ4n) is 5.93. The van der Waals surface area contributed by atoms with Crippen LogP contribution in [-0.4, -0.2) is 26.5 Å². The van der Waals surface area contributed by atoms with Crippen LogP contribution in [0.1, 0.15) is 21.5 Å². The second-order valence-corrected chi connectivity index (χ2v) is 16.3. The summed E-state index contributed by atoms with van der Waals surface area (Å²) in [4.78, 5) is 15.7. The van der Waals surface area contributed by atoms with Gasteiger partial charge < -0.3 is 0 Å². The minimum Gasteiger partial charge on any atom is -0.288 e. The molecule has 0 saturated heterocycles. The fourth-order valence-corrected chi connectivity index (χ4v) is 11.6. The van der Waals surface area contributed by atoms with E-state index in [0.717, 1.165) is 27.0 Å². The van der Waals surface area contributed by atoms with Crippen molar-refractivity contribution < 1.29 is 13.2 Å². The Bertz CT molecular complexity index is 2030. The molecule has 228 valence electrons. The van der Waals surface area contributed by atoms with E-state index in [1.807, 2.05) is 91.9 Å². The largest absolute Gasteiger partial charge is 0.288 e. The summed E-state index contributed by atoms with van der Waals surface area (Å²) in [6.07, 6.45) is 0. The first-order valence-corrected chi connectivity index (χ1v) is 18.3. The molecular formula is C40H34NO3PS. The van der Waals surface area contributed by atoms with E-state index >= 15 is 4.79 Å². The number of hydrogen-bond donors (Lipinski definition) is 0. The number of sulfonamides is 1. The molecule has 0 amide bonds. The van der Waals surface area contributed by atoms with Crippen LogP contribution in [0.25, 0.3) is 0 Å². The first-order valence-electron chi connectivity index (χ1n) is 15.0. The van der Waals surface area contributed by atoms with E-state index in [0.29, 0.717) is 16.5 Å². The van der Waals surface area contributed by atoms with E-state index in [4.69, 9.17) is 0 Å². The molecule has 0 heterocycles. The molecule has 0 aromatic heterocycles. The van der Waals surface area contributed by atoms with Gasteiger partial charge in [-0.1, -0.05) is 151 Å². The van der Waals surface area contributed by atoms with E-state index < -0.39 is 16.9 Å². The quantitative estimate of drug-likeness (QED) is 0.124. The van der Waals surface area contributed by atoms with Crippen molar-refractivity contribution in [2.45, 2.75) is 11.8 Å². The molecule has 46 heavy (non-hydrogen) atoms. The lowest BCUT2D eigenvalue weighted by Crippen LogP contribution is -2.35. The summed E-state index contributed by atoms with van der Waals surface area (Å²) < 4.78 is 29.1. The standard InChI is InChI=1S/C40H34NO3PS/c1-31-27-29-36(30-28-31)46(43,44)41(2)38-26-16-15-25-37(38)39(42)40(32-17-7-3-8-18-32)45(33-19-9-4-10-20-33,34-21-11-5-12-22-34)35-23-13-6-14-24-35/h3-30H,1-2H3. The zero-order valence-corrected chi connectivity index (χ0v) is 27.4. The van der Waals surface area contributed by atoms with E-state index in [1.54, 1.807) is 48.5 Å². The number of hydrogen-bond acceptors (Lipinski definition) is 3. The maximum absolute atomic E-state index is 15.5. The fraction of sp³-hybridized carbons (Fsp3) is 0.0500. The summed E-state index contributed by atoms with van der Waals surface area (Å²) in [5.41, 5.74) is 2.37. The van der Waals surface area contributed by atoms with Crippen LogP contribution in [0.15, 0.2) is 175 Å². The zero-order chi connectivity index (χ0) is 32.1. The Morgan fingerprint density at radius 2 is 0.957 bits per heavy atom. The van der Waals surface area contributed by atoms with Gasteiger partial charge in [0, 0.05) is 17.9 Å². The number of para-hydroxylation sites is 1. The summed E-state index contributed by atoms with van der Waals surface area (Å²) in [6, 6.07) is 54.2. The van der Waals surface area contributed by atoms with Crippen molar-refractivity contribution in [3.63, 3.8) is 0 Å². The minimum absolute atomic E-state index is 0.162. The summed E-state index contributed by atoms with van der Waals surface area (Å²) in [6.45, 7) is -0.949. The average molecular weight is 640 g/mol. The van der Waals surface area contributed by atoms with Crippen molar-refractivity contribution in [3.05, 3.63) is 187 Å². The zero-order valence-electron chi connectivity index (χ0n) is 25.7. The molecule has 0 atom stereocenters. The highest BCUT2D eigenvalue weighted by Gasteiger charge is 2.36. The van der Waals surface area contributed by atoms with Crippen LogP contribution < -0.4 is 20.2 Å².